The van der Waals surface area contributed by atoms with Crippen molar-refractivity contribution < 1.29 is 4.43 Å². The van der Waals surface area contributed by atoms with Crippen LogP contribution in [-0.4, -0.2) is 8.32 Å². The van der Waals surface area contributed by atoms with Gasteiger partial charge in [0, 0.05) is 5.57 Å². The van der Waals surface area contributed by atoms with E-state index >= 15 is 0 Å². The van der Waals surface area contributed by atoms with Gasteiger partial charge in [0.1, 0.15) is 0 Å². The molecule has 1 aromatic carbocycles. The molecule has 0 aliphatic heterocycles. The molecule has 0 aliphatic carbocycles. The Morgan fingerprint density at radius 2 is 1.65 bits per heavy atom. The van der Waals surface area contributed by atoms with Crippen molar-refractivity contribution in [2.45, 2.75) is 59.7 Å². The molecule has 126 valence electrons. The van der Waals surface area contributed by atoms with Crippen LogP contribution in [0.25, 0.3) is 5.57 Å². The summed E-state index contributed by atoms with van der Waals surface area (Å²) in [6.07, 6.45) is 2.13. The summed E-state index contributed by atoms with van der Waals surface area (Å²) < 4.78 is 6.72. The highest BCUT2D eigenvalue weighted by Gasteiger charge is 2.37. The fraction of sp³-hybridized carbons (Fsp3) is 0.476. The first kappa shape index (κ1) is 19.5. The summed E-state index contributed by atoms with van der Waals surface area (Å²) in [5.41, 5.74) is 5.19. The van der Waals surface area contributed by atoms with Gasteiger partial charge in [-0.2, -0.15) is 0 Å². The molecule has 0 saturated carbocycles. The topological polar surface area (TPSA) is 9.23 Å². The second-order valence-electron chi connectivity index (χ2n) is 6.54. The summed E-state index contributed by atoms with van der Waals surface area (Å²) in [6, 6.07) is 13.8. The lowest BCUT2D eigenvalue weighted by atomic mass is 9.79. The molecule has 0 unspecified atom stereocenters. The summed E-state index contributed by atoms with van der Waals surface area (Å²) >= 11 is 0. The van der Waals surface area contributed by atoms with Crippen LogP contribution in [0.3, 0.4) is 0 Å². The highest BCUT2D eigenvalue weighted by molar-refractivity contribution is 6.73. The molecule has 1 rings (SSSR count). The molecule has 0 aromatic heterocycles. The van der Waals surface area contributed by atoms with E-state index in [1.165, 1.54) is 0 Å². The van der Waals surface area contributed by atoms with E-state index in [1.54, 1.807) is 0 Å². The van der Waals surface area contributed by atoms with Crippen molar-refractivity contribution in [2.24, 2.45) is 5.41 Å². The second-order valence-corrected chi connectivity index (χ2v) is 11.2. The van der Waals surface area contributed by atoms with E-state index in [0.29, 0.717) is 0 Å². The van der Waals surface area contributed by atoms with Gasteiger partial charge in [-0.1, -0.05) is 63.8 Å². The predicted molar refractivity (Wildman–Crippen MR) is 105 cm³/mol. The van der Waals surface area contributed by atoms with Gasteiger partial charge in [0.2, 0.25) is 8.32 Å². The SMILES string of the molecule is C=C=C(c1ccccc1)C(C)(C)/C(=C\C)O[Si](CC)(CC)CC. The van der Waals surface area contributed by atoms with E-state index < -0.39 is 8.32 Å². The van der Waals surface area contributed by atoms with Gasteiger partial charge in [0.25, 0.3) is 0 Å². The molecular formula is C21H32OSi. The van der Waals surface area contributed by atoms with Gasteiger partial charge in [0.15, 0.2) is 0 Å². The average Bonchev–Trinajstić information content (AvgIpc) is 2.58. The van der Waals surface area contributed by atoms with Crippen molar-refractivity contribution >= 4 is 13.9 Å². The van der Waals surface area contributed by atoms with E-state index in [0.717, 1.165) is 35.0 Å². The van der Waals surface area contributed by atoms with E-state index in [-0.39, 0.29) is 5.41 Å². The van der Waals surface area contributed by atoms with Crippen molar-refractivity contribution in [3.8, 4) is 0 Å². The Kier molecular flexibility index (Phi) is 7.12. The molecule has 23 heavy (non-hydrogen) atoms. The first-order valence-corrected chi connectivity index (χ1v) is 11.3. The number of hydrogen-bond acceptors (Lipinski definition) is 1. The maximum Gasteiger partial charge on any atom is 0.250 e. The molecule has 0 bridgehead atoms. The van der Waals surface area contributed by atoms with Crippen LogP contribution in [0, 0.1) is 5.41 Å². The third-order valence-corrected chi connectivity index (χ3v) is 9.52. The summed E-state index contributed by atoms with van der Waals surface area (Å²) in [5, 5.41) is 0. The quantitative estimate of drug-likeness (QED) is 0.289. The van der Waals surface area contributed by atoms with E-state index in [4.69, 9.17) is 4.43 Å². The Hall–Kier alpha value is -1.50. The Bertz CT molecular complexity index is 565. The molecule has 0 heterocycles. The summed E-state index contributed by atoms with van der Waals surface area (Å²) in [5.74, 6) is 1.06. The van der Waals surface area contributed by atoms with Gasteiger partial charge in [-0.15, -0.1) is 5.73 Å². The van der Waals surface area contributed by atoms with Crippen LogP contribution in [0.5, 0.6) is 0 Å². The van der Waals surface area contributed by atoms with Crippen molar-refractivity contribution in [3.63, 3.8) is 0 Å². The largest absolute Gasteiger partial charge is 0.546 e. The van der Waals surface area contributed by atoms with Crippen LogP contribution in [0.2, 0.25) is 18.1 Å². The first-order valence-electron chi connectivity index (χ1n) is 8.72. The van der Waals surface area contributed by atoms with Crippen LogP contribution >= 0.6 is 0 Å². The maximum absolute atomic E-state index is 6.72. The minimum atomic E-state index is -1.70. The zero-order valence-electron chi connectivity index (χ0n) is 15.7. The van der Waals surface area contributed by atoms with Crippen molar-refractivity contribution in [3.05, 3.63) is 60.0 Å². The first-order chi connectivity index (χ1) is 10.9. The molecular weight excluding hydrogens is 296 g/mol. The molecule has 0 fully saturated rings. The normalized spacial score (nSPS) is 12.7. The van der Waals surface area contributed by atoms with E-state index in [9.17, 15) is 0 Å². The second kappa shape index (κ2) is 8.38. The number of hydrogen-bond donors (Lipinski definition) is 0. The Labute approximate surface area is 143 Å². The highest BCUT2D eigenvalue weighted by atomic mass is 28.4. The minimum absolute atomic E-state index is 0.240. The fourth-order valence-corrected chi connectivity index (χ4v) is 5.93. The van der Waals surface area contributed by atoms with Gasteiger partial charge in [-0.3, -0.25) is 0 Å². The zero-order valence-corrected chi connectivity index (χ0v) is 16.7. The molecule has 0 saturated heterocycles. The maximum atomic E-state index is 6.72. The number of rotatable bonds is 8. The Morgan fingerprint density at radius 1 is 1.13 bits per heavy atom. The van der Waals surface area contributed by atoms with Crippen LogP contribution in [0.1, 0.15) is 47.1 Å². The molecule has 1 aromatic rings. The molecule has 0 N–H and O–H groups in total. The van der Waals surface area contributed by atoms with Gasteiger partial charge in [-0.25, -0.2) is 0 Å². The minimum Gasteiger partial charge on any atom is -0.546 e. The molecule has 2 heteroatoms. The number of benzene rings is 1. The zero-order chi connectivity index (χ0) is 17.5. The highest BCUT2D eigenvalue weighted by Crippen LogP contribution is 2.43. The van der Waals surface area contributed by atoms with Crippen molar-refractivity contribution in [1.82, 2.24) is 0 Å². The Morgan fingerprint density at radius 3 is 2.04 bits per heavy atom. The van der Waals surface area contributed by atoms with E-state index in [2.05, 4.69) is 84.2 Å². The predicted octanol–water partition coefficient (Wildman–Crippen LogP) is 6.81. The standard InChI is InChI=1S/C21H32OSi/c1-8-19(18-16-14-13-15-17-18)21(6,7)20(9-2)22-23(10-3,11-4)12-5/h9,13-17H,1,10-12H2,2-7H3/b20-9+. The molecule has 0 radical (unpaired) electrons. The molecule has 0 amide bonds. The molecule has 0 atom stereocenters. The molecule has 0 aliphatic rings. The monoisotopic (exact) mass is 328 g/mol. The fourth-order valence-electron chi connectivity index (χ4n) is 3.16. The van der Waals surface area contributed by atoms with Crippen molar-refractivity contribution in [2.75, 3.05) is 0 Å². The van der Waals surface area contributed by atoms with Crippen LogP contribution < -0.4 is 0 Å². The van der Waals surface area contributed by atoms with Gasteiger partial charge < -0.3 is 4.43 Å². The van der Waals surface area contributed by atoms with E-state index in [1.807, 2.05) is 6.07 Å². The summed E-state index contributed by atoms with van der Waals surface area (Å²) in [4.78, 5) is 0. The van der Waals surface area contributed by atoms with Gasteiger partial charge >= 0.3 is 0 Å². The van der Waals surface area contributed by atoms with Crippen LogP contribution in [-0.2, 0) is 4.43 Å². The van der Waals surface area contributed by atoms with Crippen LogP contribution in [0.4, 0.5) is 0 Å². The number of allylic oxidation sites excluding steroid dienone is 2. The average molecular weight is 329 g/mol. The lowest BCUT2D eigenvalue weighted by Gasteiger charge is -2.38. The summed E-state index contributed by atoms with van der Waals surface area (Å²) in [6.45, 7) is 17.2. The van der Waals surface area contributed by atoms with Gasteiger partial charge in [0.05, 0.1) is 11.2 Å². The lowest BCUT2D eigenvalue weighted by Crippen LogP contribution is -2.38. The third kappa shape index (κ3) is 4.28. The molecule has 0 spiro atoms. The van der Waals surface area contributed by atoms with Crippen molar-refractivity contribution in [1.29, 1.82) is 0 Å². The smallest absolute Gasteiger partial charge is 0.250 e. The lowest BCUT2D eigenvalue weighted by molar-refractivity contribution is 0.312. The van der Waals surface area contributed by atoms with Crippen LogP contribution in [0.15, 0.2) is 54.5 Å². The van der Waals surface area contributed by atoms with Gasteiger partial charge in [-0.05, 0) is 44.5 Å². The summed E-state index contributed by atoms with van der Waals surface area (Å²) in [7, 11) is -1.70. The molecule has 1 nitrogen and oxygen atoms in total. The third-order valence-electron chi connectivity index (χ3n) is 5.00. The Balaban J connectivity index is 3.25.